The van der Waals surface area contributed by atoms with Crippen LogP contribution in [-0.4, -0.2) is 12.1 Å². The van der Waals surface area contributed by atoms with Crippen molar-refractivity contribution in [2.75, 3.05) is 6.54 Å². The Morgan fingerprint density at radius 1 is 1.10 bits per heavy atom. The van der Waals surface area contributed by atoms with Crippen LogP contribution >= 0.6 is 11.3 Å². The molecule has 2 aromatic rings. The van der Waals surface area contributed by atoms with Gasteiger partial charge in [-0.1, -0.05) is 36.4 Å². The first kappa shape index (κ1) is 15.2. The van der Waals surface area contributed by atoms with E-state index in [9.17, 15) is 0 Å². The Morgan fingerprint density at radius 3 is 2.45 bits per heavy atom. The molecule has 0 fully saturated rings. The normalized spacial score (nSPS) is 13.3. The molecule has 0 spiro atoms. The zero-order chi connectivity index (χ0) is 14.4. The first-order valence-electron chi connectivity index (χ1n) is 6.98. The second-order valence-corrected chi connectivity index (χ2v) is 6.95. The van der Waals surface area contributed by atoms with Crippen molar-refractivity contribution < 1.29 is 4.74 Å². The Bertz CT molecular complexity index is 487. The maximum Gasteiger partial charge on any atom is 0.0954 e. The second-order valence-electron chi connectivity index (χ2n) is 5.92. The third kappa shape index (κ3) is 5.08. The van der Waals surface area contributed by atoms with Crippen molar-refractivity contribution in [3.05, 3.63) is 58.3 Å². The van der Waals surface area contributed by atoms with E-state index in [4.69, 9.17) is 4.74 Å². The lowest BCUT2D eigenvalue weighted by Crippen LogP contribution is -2.39. The Hall–Kier alpha value is -1.16. The van der Waals surface area contributed by atoms with Crippen molar-refractivity contribution in [1.82, 2.24) is 5.32 Å². The van der Waals surface area contributed by atoms with E-state index < -0.39 is 0 Å². The molecule has 0 amide bonds. The largest absolute Gasteiger partial charge is 0.367 e. The number of hydrogen-bond acceptors (Lipinski definition) is 3. The van der Waals surface area contributed by atoms with E-state index in [0.717, 1.165) is 6.54 Å². The van der Waals surface area contributed by atoms with Crippen LogP contribution in [0.2, 0.25) is 0 Å². The molecule has 20 heavy (non-hydrogen) atoms. The molecule has 1 N–H and O–H groups in total. The molecule has 0 aliphatic rings. The van der Waals surface area contributed by atoms with Crippen LogP contribution in [0.5, 0.6) is 0 Å². The standard InChI is InChI=1S/C17H23NOS/c1-17(2,3)18-12-16(14-8-5-4-6-9-14)19-13-15-10-7-11-20-15/h4-11,16,18H,12-13H2,1-3H3. The highest BCUT2D eigenvalue weighted by atomic mass is 32.1. The molecule has 0 aliphatic heterocycles. The van der Waals surface area contributed by atoms with Gasteiger partial charge in [-0.05, 0) is 37.8 Å². The van der Waals surface area contributed by atoms with Crippen LogP contribution < -0.4 is 5.32 Å². The van der Waals surface area contributed by atoms with E-state index in [2.05, 4.69) is 67.9 Å². The molecule has 1 atom stereocenters. The quantitative estimate of drug-likeness (QED) is 0.851. The molecular weight excluding hydrogens is 266 g/mol. The topological polar surface area (TPSA) is 21.3 Å². The SMILES string of the molecule is CC(C)(C)NCC(OCc1cccs1)c1ccccc1. The predicted molar refractivity (Wildman–Crippen MR) is 86.0 cm³/mol. The molecule has 0 saturated carbocycles. The summed E-state index contributed by atoms with van der Waals surface area (Å²) in [4.78, 5) is 1.27. The van der Waals surface area contributed by atoms with Crippen LogP contribution in [0.3, 0.4) is 0 Å². The van der Waals surface area contributed by atoms with Gasteiger partial charge in [0.2, 0.25) is 0 Å². The van der Waals surface area contributed by atoms with E-state index in [1.807, 2.05) is 6.07 Å². The molecule has 1 aromatic heterocycles. The molecule has 1 aromatic carbocycles. The summed E-state index contributed by atoms with van der Waals surface area (Å²) in [7, 11) is 0. The molecule has 3 heteroatoms. The molecule has 108 valence electrons. The third-order valence-electron chi connectivity index (χ3n) is 3.00. The number of nitrogens with one attached hydrogen (secondary N) is 1. The van der Waals surface area contributed by atoms with Crippen molar-refractivity contribution in [3.63, 3.8) is 0 Å². The van der Waals surface area contributed by atoms with Gasteiger partial charge in [0, 0.05) is 17.0 Å². The fourth-order valence-corrected chi connectivity index (χ4v) is 2.54. The van der Waals surface area contributed by atoms with Gasteiger partial charge in [0.1, 0.15) is 0 Å². The van der Waals surface area contributed by atoms with Gasteiger partial charge in [-0.3, -0.25) is 0 Å². The van der Waals surface area contributed by atoms with E-state index in [0.29, 0.717) is 6.61 Å². The highest BCUT2D eigenvalue weighted by Crippen LogP contribution is 2.21. The van der Waals surface area contributed by atoms with E-state index in [1.165, 1.54) is 10.4 Å². The summed E-state index contributed by atoms with van der Waals surface area (Å²) in [6.07, 6.45) is 0.0810. The fraction of sp³-hybridized carbons (Fsp3) is 0.412. The maximum atomic E-state index is 6.12. The summed E-state index contributed by atoms with van der Waals surface area (Å²) in [6, 6.07) is 14.6. The Balaban J connectivity index is 2.00. The van der Waals surface area contributed by atoms with Crippen LogP contribution in [0.15, 0.2) is 47.8 Å². The van der Waals surface area contributed by atoms with E-state index in [-0.39, 0.29) is 11.6 Å². The molecule has 1 heterocycles. The lowest BCUT2D eigenvalue weighted by molar-refractivity contribution is 0.0373. The van der Waals surface area contributed by atoms with Crippen LogP contribution in [0.1, 0.15) is 37.3 Å². The predicted octanol–water partition coefficient (Wildman–Crippen LogP) is 4.39. The Morgan fingerprint density at radius 2 is 1.85 bits per heavy atom. The summed E-state index contributed by atoms with van der Waals surface area (Å²) in [5.74, 6) is 0. The average molecular weight is 289 g/mol. The lowest BCUT2D eigenvalue weighted by Gasteiger charge is -2.25. The summed E-state index contributed by atoms with van der Waals surface area (Å²) in [6.45, 7) is 8.01. The molecule has 2 rings (SSSR count). The van der Waals surface area contributed by atoms with Gasteiger partial charge in [0.15, 0.2) is 0 Å². The second kappa shape index (κ2) is 7.02. The number of ether oxygens (including phenoxy) is 1. The van der Waals surface area contributed by atoms with Crippen LogP contribution in [0, 0.1) is 0 Å². The van der Waals surface area contributed by atoms with Gasteiger partial charge in [-0.15, -0.1) is 11.3 Å². The minimum atomic E-state index is 0.0810. The minimum absolute atomic E-state index is 0.0810. The van der Waals surface area contributed by atoms with Crippen molar-refractivity contribution in [3.8, 4) is 0 Å². The third-order valence-corrected chi connectivity index (χ3v) is 3.85. The number of hydrogen-bond donors (Lipinski definition) is 1. The van der Waals surface area contributed by atoms with Crippen LogP contribution in [-0.2, 0) is 11.3 Å². The van der Waals surface area contributed by atoms with Gasteiger partial charge in [0.05, 0.1) is 12.7 Å². The monoisotopic (exact) mass is 289 g/mol. The van der Waals surface area contributed by atoms with Gasteiger partial charge in [0.25, 0.3) is 0 Å². The Kier molecular flexibility index (Phi) is 5.35. The average Bonchev–Trinajstić information content (AvgIpc) is 2.92. The van der Waals surface area contributed by atoms with Gasteiger partial charge < -0.3 is 10.1 Å². The maximum absolute atomic E-state index is 6.12. The fourth-order valence-electron chi connectivity index (χ4n) is 1.92. The minimum Gasteiger partial charge on any atom is -0.367 e. The summed E-state index contributed by atoms with van der Waals surface area (Å²) >= 11 is 1.74. The lowest BCUT2D eigenvalue weighted by atomic mass is 10.1. The Labute approximate surface area is 125 Å². The summed E-state index contributed by atoms with van der Waals surface area (Å²) in [5.41, 5.74) is 1.32. The van der Waals surface area contributed by atoms with Crippen molar-refractivity contribution >= 4 is 11.3 Å². The van der Waals surface area contributed by atoms with E-state index in [1.54, 1.807) is 11.3 Å². The van der Waals surface area contributed by atoms with Crippen molar-refractivity contribution in [1.29, 1.82) is 0 Å². The molecule has 0 bridgehead atoms. The van der Waals surface area contributed by atoms with Gasteiger partial charge in [-0.25, -0.2) is 0 Å². The van der Waals surface area contributed by atoms with E-state index >= 15 is 0 Å². The van der Waals surface area contributed by atoms with Crippen LogP contribution in [0.4, 0.5) is 0 Å². The molecular formula is C17H23NOS. The van der Waals surface area contributed by atoms with Crippen molar-refractivity contribution in [2.24, 2.45) is 0 Å². The van der Waals surface area contributed by atoms with Crippen LogP contribution in [0.25, 0.3) is 0 Å². The first-order valence-corrected chi connectivity index (χ1v) is 7.86. The number of benzene rings is 1. The molecule has 1 unspecified atom stereocenters. The zero-order valence-electron chi connectivity index (χ0n) is 12.4. The summed E-state index contributed by atoms with van der Waals surface area (Å²) < 4.78 is 6.12. The first-order chi connectivity index (χ1) is 9.54. The number of rotatable bonds is 6. The van der Waals surface area contributed by atoms with Gasteiger partial charge in [-0.2, -0.15) is 0 Å². The highest BCUT2D eigenvalue weighted by Gasteiger charge is 2.16. The molecule has 0 saturated heterocycles. The molecule has 0 radical (unpaired) electrons. The van der Waals surface area contributed by atoms with Gasteiger partial charge >= 0.3 is 0 Å². The number of thiophene rings is 1. The smallest absolute Gasteiger partial charge is 0.0954 e. The molecule has 2 nitrogen and oxygen atoms in total. The van der Waals surface area contributed by atoms with Crippen molar-refractivity contribution in [2.45, 2.75) is 39.0 Å². The summed E-state index contributed by atoms with van der Waals surface area (Å²) in [5, 5.41) is 5.62. The zero-order valence-corrected chi connectivity index (χ0v) is 13.2. The molecule has 0 aliphatic carbocycles. The highest BCUT2D eigenvalue weighted by molar-refractivity contribution is 7.09.